The third kappa shape index (κ3) is 2.34. The van der Waals surface area contributed by atoms with E-state index in [2.05, 4.69) is 29.6 Å². The van der Waals surface area contributed by atoms with Crippen molar-refractivity contribution in [3.63, 3.8) is 0 Å². The van der Waals surface area contributed by atoms with Crippen LogP contribution in [0.25, 0.3) is 0 Å². The highest BCUT2D eigenvalue weighted by Gasteiger charge is 2.15. The van der Waals surface area contributed by atoms with Gasteiger partial charge in [-0.25, -0.2) is 0 Å². The Kier molecular flexibility index (Phi) is 3.17. The monoisotopic (exact) mass is 190 g/mol. The summed E-state index contributed by atoms with van der Waals surface area (Å²) in [6.45, 7) is 1.62. The minimum absolute atomic E-state index is 0.636. The van der Waals surface area contributed by atoms with Gasteiger partial charge in [-0.2, -0.15) is 0 Å². The Bertz CT molecular complexity index is 292. The lowest BCUT2D eigenvalue weighted by Gasteiger charge is -2.26. The summed E-state index contributed by atoms with van der Waals surface area (Å²) in [7, 11) is 0. The number of nitrogens with one attached hydrogen (secondary N) is 1. The quantitative estimate of drug-likeness (QED) is 0.759. The van der Waals surface area contributed by atoms with E-state index >= 15 is 0 Å². The minimum Gasteiger partial charge on any atom is -0.326 e. The van der Waals surface area contributed by atoms with E-state index in [0.29, 0.717) is 6.54 Å². The maximum Gasteiger partial charge on any atom is 0.0208 e. The summed E-state index contributed by atoms with van der Waals surface area (Å²) in [6.07, 6.45) is 4.08. The molecule has 0 bridgehead atoms. The molecule has 2 heteroatoms. The molecule has 0 saturated heterocycles. The van der Waals surface area contributed by atoms with Crippen LogP contribution in [0.4, 0.5) is 0 Å². The van der Waals surface area contributed by atoms with Gasteiger partial charge in [-0.15, -0.1) is 0 Å². The molecule has 3 N–H and O–H groups in total. The Hall–Kier alpha value is -0.860. The summed E-state index contributed by atoms with van der Waals surface area (Å²) in [5.74, 6) is 0. The second kappa shape index (κ2) is 4.58. The van der Waals surface area contributed by atoms with E-state index in [9.17, 15) is 0 Å². The van der Waals surface area contributed by atoms with Crippen molar-refractivity contribution in [3.8, 4) is 0 Å². The third-order valence-corrected chi connectivity index (χ3v) is 2.93. The zero-order valence-electron chi connectivity index (χ0n) is 8.50. The summed E-state index contributed by atoms with van der Waals surface area (Å²) >= 11 is 0. The van der Waals surface area contributed by atoms with Crippen molar-refractivity contribution in [1.29, 1.82) is 0 Å². The van der Waals surface area contributed by atoms with E-state index in [0.717, 1.165) is 12.6 Å². The van der Waals surface area contributed by atoms with Crippen molar-refractivity contribution >= 4 is 0 Å². The van der Waals surface area contributed by atoms with Crippen LogP contribution in [-0.2, 0) is 13.1 Å². The molecule has 0 amide bonds. The van der Waals surface area contributed by atoms with Crippen molar-refractivity contribution in [2.24, 2.45) is 5.73 Å². The van der Waals surface area contributed by atoms with Gasteiger partial charge in [0.25, 0.3) is 0 Å². The first-order valence-electron chi connectivity index (χ1n) is 5.40. The Morgan fingerprint density at radius 3 is 2.71 bits per heavy atom. The molecule has 0 heterocycles. The average Bonchev–Trinajstić information content (AvgIpc) is 2.16. The van der Waals surface area contributed by atoms with Crippen LogP contribution in [0.2, 0.25) is 0 Å². The van der Waals surface area contributed by atoms with Gasteiger partial charge < -0.3 is 11.1 Å². The topological polar surface area (TPSA) is 38.0 Å². The van der Waals surface area contributed by atoms with Crippen molar-refractivity contribution in [2.45, 2.75) is 38.4 Å². The van der Waals surface area contributed by atoms with Crippen molar-refractivity contribution in [3.05, 3.63) is 35.4 Å². The van der Waals surface area contributed by atoms with E-state index < -0.39 is 0 Å². The number of benzene rings is 1. The Labute approximate surface area is 85.5 Å². The van der Waals surface area contributed by atoms with Crippen molar-refractivity contribution in [2.75, 3.05) is 0 Å². The molecule has 0 unspecified atom stereocenters. The second-order valence-corrected chi connectivity index (χ2v) is 4.03. The van der Waals surface area contributed by atoms with Crippen LogP contribution in [0.3, 0.4) is 0 Å². The first-order valence-corrected chi connectivity index (χ1v) is 5.40. The minimum atomic E-state index is 0.636. The maximum atomic E-state index is 5.59. The number of nitrogens with two attached hydrogens (primary N) is 1. The molecule has 76 valence electrons. The smallest absolute Gasteiger partial charge is 0.0208 e. The van der Waals surface area contributed by atoms with Crippen LogP contribution >= 0.6 is 0 Å². The maximum absolute atomic E-state index is 5.59. The highest BCUT2D eigenvalue weighted by Crippen LogP contribution is 2.18. The number of hydrogen-bond acceptors (Lipinski definition) is 2. The summed E-state index contributed by atoms with van der Waals surface area (Å²) in [4.78, 5) is 0. The average molecular weight is 190 g/mol. The lowest BCUT2D eigenvalue weighted by atomic mass is 9.93. The van der Waals surface area contributed by atoms with Gasteiger partial charge in [-0.3, -0.25) is 0 Å². The van der Waals surface area contributed by atoms with Gasteiger partial charge >= 0.3 is 0 Å². The fourth-order valence-electron chi connectivity index (χ4n) is 1.74. The van der Waals surface area contributed by atoms with Gasteiger partial charge in [-0.1, -0.05) is 30.7 Å². The van der Waals surface area contributed by atoms with Crippen LogP contribution in [0.1, 0.15) is 30.4 Å². The van der Waals surface area contributed by atoms with Crippen molar-refractivity contribution in [1.82, 2.24) is 5.32 Å². The van der Waals surface area contributed by atoms with E-state index in [1.165, 1.54) is 30.4 Å². The summed E-state index contributed by atoms with van der Waals surface area (Å²) in [5, 5.41) is 3.55. The predicted octanol–water partition coefficient (Wildman–Crippen LogP) is 1.79. The van der Waals surface area contributed by atoms with Crippen LogP contribution in [0.5, 0.6) is 0 Å². The summed E-state index contributed by atoms with van der Waals surface area (Å²) in [5.41, 5.74) is 8.16. The van der Waals surface area contributed by atoms with E-state index in [1.807, 2.05) is 0 Å². The zero-order chi connectivity index (χ0) is 9.80. The van der Waals surface area contributed by atoms with Crippen LogP contribution in [-0.4, -0.2) is 6.04 Å². The summed E-state index contributed by atoms with van der Waals surface area (Å²) in [6, 6.07) is 9.26. The Morgan fingerprint density at radius 1 is 1.29 bits per heavy atom. The normalized spacial score (nSPS) is 16.6. The lowest BCUT2D eigenvalue weighted by molar-refractivity contribution is 0.338. The molecule has 0 spiro atoms. The molecule has 1 fully saturated rings. The molecular formula is C12H18N2. The molecule has 1 aliphatic rings. The Balaban J connectivity index is 1.87. The van der Waals surface area contributed by atoms with E-state index in [1.54, 1.807) is 0 Å². The third-order valence-electron chi connectivity index (χ3n) is 2.93. The van der Waals surface area contributed by atoms with Gasteiger partial charge in [0.15, 0.2) is 0 Å². The summed E-state index contributed by atoms with van der Waals surface area (Å²) < 4.78 is 0. The highest BCUT2D eigenvalue weighted by atomic mass is 14.9. The predicted molar refractivity (Wildman–Crippen MR) is 58.8 cm³/mol. The molecule has 1 aliphatic carbocycles. The molecule has 2 nitrogen and oxygen atoms in total. The number of rotatable bonds is 4. The van der Waals surface area contributed by atoms with Gasteiger partial charge in [0.1, 0.15) is 0 Å². The van der Waals surface area contributed by atoms with Gasteiger partial charge in [0, 0.05) is 19.1 Å². The molecule has 1 aromatic carbocycles. The highest BCUT2D eigenvalue weighted by molar-refractivity contribution is 5.23. The lowest BCUT2D eigenvalue weighted by Crippen LogP contribution is -2.34. The first kappa shape index (κ1) is 9.69. The fraction of sp³-hybridized carbons (Fsp3) is 0.500. The molecular weight excluding hydrogens is 172 g/mol. The molecule has 1 saturated carbocycles. The van der Waals surface area contributed by atoms with Crippen LogP contribution < -0.4 is 11.1 Å². The molecule has 2 rings (SSSR count). The van der Waals surface area contributed by atoms with E-state index in [4.69, 9.17) is 5.73 Å². The molecule has 0 radical (unpaired) electrons. The Morgan fingerprint density at radius 2 is 2.07 bits per heavy atom. The van der Waals surface area contributed by atoms with Crippen LogP contribution in [0, 0.1) is 0 Å². The standard InChI is InChI=1S/C12H18N2/c13-8-10-3-1-4-11(7-10)9-14-12-5-2-6-12/h1,3-4,7,12,14H,2,5-6,8-9,13H2. The fourth-order valence-corrected chi connectivity index (χ4v) is 1.74. The van der Waals surface area contributed by atoms with E-state index in [-0.39, 0.29) is 0 Å². The van der Waals surface area contributed by atoms with Crippen LogP contribution in [0.15, 0.2) is 24.3 Å². The molecule has 0 aromatic heterocycles. The zero-order valence-corrected chi connectivity index (χ0v) is 8.50. The SMILES string of the molecule is NCc1cccc(CNC2CCC2)c1. The molecule has 0 atom stereocenters. The first-order chi connectivity index (χ1) is 6.88. The second-order valence-electron chi connectivity index (χ2n) is 4.03. The molecule has 0 aliphatic heterocycles. The number of hydrogen-bond donors (Lipinski definition) is 2. The van der Waals surface area contributed by atoms with Crippen molar-refractivity contribution < 1.29 is 0 Å². The van der Waals surface area contributed by atoms with Gasteiger partial charge in [-0.05, 0) is 24.0 Å². The van der Waals surface area contributed by atoms with Gasteiger partial charge in [0.2, 0.25) is 0 Å². The van der Waals surface area contributed by atoms with Gasteiger partial charge in [0.05, 0.1) is 0 Å². The molecule has 1 aromatic rings. The molecule has 14 heavy (non-hydrogen) atoms. The largest absolute Gasteiger partial charge is 0.326 e.